The standard InChI is InChI=1S/2C33H34FN3O2.C2H2O4/c2*34-28-15-12-25(13-16-28)23-37-31-11-5-4-10-30(31)35-32(37)18-19-33(38,36-20-6-1-7-21-36)24-39-29-17-14-26-8-2-3-9-27(26)22-29;3-1(4)2(5)6/h2*2-5,8-17,22,38H,1,6-7,18-21,23-24H2;(H,3,4)(H,5,6). The molecule has 0 radical (unpaired) electrons. The molecule has 16 heteroatoms. The summed E-state index contributed by atoms with van der Waals surface area (Å²) in [6.07, 6.45) is 8.82. The number of hydrogen-bond acceptors (Lipinski definition) is 10. The molecule has 8 aromatic carbocycles. The van der Waals surface area contributed by atoms with Crippen LogP contribution >= 0.6 is 0 Å². The molecule has 84 heavy (non-hydrogen) atoms. The zero-order valence-electron chi connectivity index (χ0n) is 46.9. The highest BCUT2D eigenvalue weighted by molar-refractivity contribution is 6.27. The normalized spacial score (nSPS) is 15.3. The number of likely N-dealkylation sites (tertiary alicyclic amines) is 2. The van der Waals surface area contributed by atoms with E-state index in [0.29, 0.717) is 38.8 Å². The van der Waals surface area contributed by atoms with Gasteiger partial charge in [0.05, 0.1) is 22.1 Å². The van der Waals surface area contributed by atoms with Gasteiger partial charge in [-0.15, -0.1) is 0 Å². The van der Waals surface area contributed by atoms with Crippen molar-refractivity contribution in [3.8, 4) is 11.5 Å². The fourth-order valence-corrected chi connectivity index (χ4v) is 11.3. The number of imidazole rings is 2. The molecule has 2 aromatic heterocycles. The quantitative estimate of drug-likeness (QED) is 0.0599. The van der Waals surface area contributed by atoms with Crippen LogP contribution in [0.3, 0.4) is 0 Å². The van der Waals surface area contributed by atoms with Gasteiger partial charge in [0.25, 0.3) is 0 Å². The molecule has 2 atom stereocenters. The molecule has 4 N–H and O–H groups in total. The molecule has 2 aliphatic rings. The Kier molecular flexibility index (Phi) is 19.0. The molecular weight excluding hydrogens is 1070 g/mol. The molecular formula is C68H70F2N6O8. The molecule has 4 heterocycles. The van der Waals surface area contributed by atoms with E-state index in [9.17, 15) is 19.0 Å². The first kappa shape index (κ1) is 58.6. The van der Waals surface area contributed by atoms with Crippen LogP contribution in [-0.4, -0.2) is 112 Å². The van der Waals surface area contributed by atoms with Gasteiger partial charge in [-0.25, -0.2) is 28.3 Å². The minimum atomic E-state index is -1.82. The SMILES string of the molecule is O=C(O)C(=O)O.OC(CCc1nc2ccccc2n1Cc1ccc(F)cc1)(COc1ccc2ccccc2c1)N1CCCCC1.OC(CCc1nc2ccccc2n1Cc1ccc(F)cc1)(COc1ccc2ccccc2c1)N1CCCCC1. The van der Waals surface area contributed by atoms with Gasteiger partial charge in [0.1, 0.15) is 48.0 Å². The smallest absolute Gasteiger partial charge is 0.414 e. The molecule has 434 valence electrons. The van der Waals surface area contributed by atoms with Crippen molar-refractivity contribution >= 4 is 55.6 Å². The summed E-state index contributed by atoms with van der Waals surface area (Å²) in [5.41, 5.74) is 3.68. The molecule has 0 bridgehead atoms. The van der Waals surface area contributed by atoms with Crippen LogP contribution < -0.4 is 9.47 Å². The van der Waals surface area contributed by atoms with Gasteiger partial charge in [0.2, 0.25) is 0 Å². The summed E-state index contributed by atoms with van der Waals surface area (Å²) in [5, 5.41) is 43.5. The zero-order valence-corrected chi connectivity index (χ0v) is 46.9. The maximum atomic E-state index is 13.5. The third-order valence-corrected chi connectivity index (χ3v) is 15.9. The number of aromatic nitrogens is 4. The first-order chi connectivity index (χ1) is 40.8. The predicted octanol–water partition coefficient (Wildman–Crippen LogP) is 12.3. The van der Waals surface area contributed by atoms with Crippen LogP contribution in [0.15, 0.2) is 182 Å². The maximum Gasteiger partial charge on any atom is 0.414 e. The van der Waals surface area contributed by atoms with Gasteiger partial charge >= 0.3 is 11.9 Å². The third kappa shape index (κ3) is 14.8. The summed E-state index contributed by atoms with van der Waals surface area (Å²) in [6, 6.07) is 57.9. The fraction of sp³-hybridized carbons (Fsp3) is 0.294. The minimum absolute atomic E-state index is 0.184. The highest BCUT2D eigenvalue weighted by atomic mass is 19.1. The fourth-order valence-electron chi connectivity index (χ4n) is 11.3. The monoisotopic (exact) mass is 1140 g/mol. The highest BCUT2D eigenvalue weighted by Gasteiger charge is 2.38. The molecule has 2 fully saturated rings. The highest BCUT2D eigenvalue weighted by Crippen LogP contribution is 2.31. The number of carboxylic acid groups (broad SMARTS) is 2. The number of para-hydroxylation sites is 4. The maximum absolute atomic E-state index is 13.5. The van der Waals surface area contributed by atoms with E-state index in [1.807, 2.05) is 109 Å². The van der Waals surface area contributed by atoms with Gasteiger partial charge in [-0.1, -0.05) is 122 Å². The van der Waals surface area contributed by atoms with Crippen molar-refractivity contribution < 1.29 is 48.3 Å². The number of aliphatic hydroxyl groups is 2. The second kappa shape index (κ2) is 27.2. The van der Waals surface area contributed by atoms with E-state index in [0.717, 1.165) is 130 Å². The minimum Gasteiger partial charge on any atom is -0.489 e. The van der Waals surface area contributed by atoms with Crippen LogP contribution in [0, 0.1) is 11.6 Å². The van der Waals surface area contributed by atoms with Crippen LogP contribution in [0.1, 0.15) is 74.1 Å². The molecule has 0 spiro atoms. The van der Waals surface area contributed by atoms with Crippen LogP contribution in [-0.2, 0) is 35.5 Å². The van der Waals surface area contributed by atoms with Gasteiger partial charge in [-0.05, 0) is 131 Å². The Hall–Kier alpha value is -8.54. The molecule has 0 aliphatic carbocycles. The van der Waals surface area contributed by atoms with Gasteiger partial charge in [-0.3, -0.25) is 9.80 Å². The van der Waals surface area contributed by atoms with Crippen molar-refractivity contribution in [3.63, 3.8) is 0 Å². The summed E-state index contributed by atoms with van der Waals surface area (Å²) in [5.74, 6) is -0.811. The second-order valence-electron chi connectivity index (χ2n) is 21.7. The van der Waals surface area contributed by atoms with Crippen LogP contribution in [0.4, 0.5) is 8.78 Å². The van der Waals surface area contributed by atoms with E-state index in [4.69, 9.17) is 39.2 Å². The predicted molar refractivity (Wildman–Crippen MR) is 322 cm³/mol. The van der Waals surface area contributed by atoms with E-state index in [1.165, 1.54) is 37.1 Å². The third-order valence-electron chi connectivity index (χ3n) is 15.9. The molecule has 0 amide bonds. The van der Waals surface area contributed by atoms with Crippen LogP contribution in [0.2, 0.25) is 0 Å². The lowest BCUT2D eigenvalue weighted by atomic mass is 10.0. The Balaban J connectivity index is 0.000000171. The summed E-state index contributed by atoms with van der Waals surface area (Å²) in [4.78, 5) is 32.5. The first-order valence-corrected chi connectivity index (χ1v) is 28.8. The van der Waals surface area contributed by atoms with Gasteiger partial charge in [-0.2, -0.15) is 0 Å². The number of carbonyl (C=O) groups is 2. The van der Waals surface area contributed by atoms with Gasteiger partial charge in [0.15, 0.2) is 11.4 Å². The average molecular weight is 1140 g/mol. The average Bonchev–Trinajstić information content (AvgIpc) is 4.30. The molecule has 10 aromatic rings. The number of rotatable bonds is 18. The number of aliphatic carboxylic acids is 2. The zero-order chi connectivity index (χ0) is 58.5. The number of halogens is 2. The van der Waals surface area contributed by atoms with E-state index in [-0.39, 0.29) is 24.8 Å². The summed E-state index contributed by atoms with van der Waals surface area (Å²) in [6.45, 7) is 4.95. The Labute approximate surface area is 486 Å². The topological polar surface area (TPSA) is 176 Å². The van der Waals surface area contributed by atoms with E-state index in [2.05, 4.69) is 67.5 Å². The largest absolute Gasteiger partial charge is 0.489 e. The van der Waals surface area contributed by atoms with Crippen molar-refractivity contribution in [2.45, 2.75) is 88.7 Å². The van der Waals surface area contributed by atoms with E-state index < -0.39 is 23.4 Å². The Bertz CT molecular complexity index is 3570. The summed E-state index contributed by atoms with van der Waals surface area (Å²) < 4.78 is 44.0. The lowest BCUT2D eigenvalue weighted by Gasteiger charge is -2.41. The number of fused-ring (bicyclic) bond motifs is 4. The molecule has 2 unspecified atom stereocenters. The summed E-state index contributed by atoms with van der Waals surface area (Å²) >= 11 is 0. The lowest BCUT2D eigenvalue weighted by Crippen LogP contribution is -2.55. The number of nitrogens with zero attached hydrogens (tertiary/aromatic N) is 6. The lowest BCUT2D eigenvalue weighted by molar-refractivity contribution is -0.159. The van der Waals surface area contributed by atoms with Crippen LogP contribution in [0.5, 0.6) is 11.5 Å². The number of ether oxygens (including phenoxy) is 2. The number of aryl methyl sites for hydroxylation is 2. The Morgan fingerprint density at radius 2 is 0.810 bits per heavy atom. The number of piperidine rings is 2. The molecule has 0 saturated carbocycles. The Morgan fingerprint density at radius 3 is 1.19 bits per heavy atom. The van der Waals surface area contributed by atoms with Crippen molar-refractivity contribution in [3.05, 3.63) is 216 Å². The van der Waals surface area contributed by atoms with E-state index >= 15 is 0 Å². The van der Waals surface area contributed by atoms with Crippen molar-refractivity contribution in [2.24, 2.45) is 0 Å². The number of hydrogen-bond donors (Lipinski definition) is 4. The van der Waals surface area contributed by atoms with Gasteiger partial charge in [0, 0.05) is 65.0 Å². The first-order valence-electron chi connectivity index (χ1n) is 28.8. The van der Waals surface area contributed by atoms with Crippen molar-refractivity contribution in [1.29, 1.82) is 0 Å². The Morgan fingerprint density at radius 1 is 0.452 bits per heavy atom. The molecule has 14 nitrogen and oxygen atoms in total. The molecule has 12 rings (SSSR count). The van der Waals surface area contributed by atoms with Crippen molar-refractivity contribution in [2.75, 3.05) is 39.4 Å². The number of benzene rings is 8. The van der Waals surface area contributed by atoms with Gasteiger partial charge < -0.3 is 39.0 Å². The number of carboxylic acids is 2. The van der Waals surface area contributed by atoms with Crippen LogP contribution in [0.25, 0.3) is 43.6 Å². The second-order valence-corrected chi connectivity index (χ2v) is 21.7. The van der Waals surface area contributed by atoms with E-state index in [1.54, 1.807) is 0 Å². The molecule has 2 aliphatic heterocycles. The van der Waals surface area contributed by atoms with Crippen molar-refractivity contribution in [1.82, 2.24) is 28.9 Å². The molecule has 2 saturated heterocycles. The summed E-state index contributed by atoms with van der Waals surface area (Å²) in [7, 11) is 0.